The Labute approximate surface area is 137 Å². The normalized spacial score (nSPS) is 10.6. The molecule has 8 heteroatoms. The summed E-state index contributed by atoms with van der Waals surface area (Å²) < 4.78 is 6.86. The van der Waals surface area contributed by atoms with Crippen molar-refractivity contribution in [2.75, 3.05) is 5.32 Å². The highest BCUT2D eigenvalue weighted by Crippen LogP contribution is 2.25. The molecule has 0 saturated heterocycles. The molecule has 0 bridgehead atoms. The third kappa shape index (κ3) is 3.31. The number of nitrogens with zero attached hydrogens (tertiary/aromatic N) is 2. The van der Waals surface area contributed by atoms with E-state index in [9.17, 15) is 4.79 Å². The molecule has 2 aromatic heterocycles. The maximum Gasteiger partial charge on any atom is 0.322 e. The van der Waals surface area contributed by atoms with Gasteiger partial charge in [0.1, 0.15) is 0 Å². The SMILES string of the molecule is O=C(Nc1nnc(-c2cccc(Br)c2)o1)c1ccc(Cl)s1. The Morgan fingerprint density at radius 1 is 1.29 bits per heavy atom. The van der Waals surface area contributed by atoms with Gasteiger partial charge in [-0.05, 0) is 30.3 Å². The summed E-state index contributed by atoms with van der Waals surface area (Å²) in [6.07, 6.45) is 0. The van der Waals surface area contributed by atoms with Crippen molar-refractivity contribution in [2.45, 2.75) is 0 Å². The van der Waals surface area contributed by atoms with Gasteiger partial charge in [0.25, 0.3) is 5.91 Å². The van der Waals surface area contributed by atoms with Crippen LogP contribution in [0.4, 0.5) is 6.01 Å². The Morgan fingerprint density at radius 2 is 2.14 bits per heavy atom. The van der Waals surface area contributed by atoms with Gasteiger partial charge in [0.05, 0.1) is 9.21 Å². The number of hydrogen-bond acceptors (Lipinski definition) is 5. The van der Waals surface area contributed by atoms with Gasteiger partial charge in [-0.2, -0.15) is 0 Å². The lowest BCUT2D eigenvalue weighted by atomic mass is 10.2. The van der Waals surface area contributed by atoms with E-state index in [-0.39, 0.29) is 11.9 Å². The van der Waals surface area contributed by atoms with E-state index in [1.54, 1.807) is 12.1 Å². The summed E-state index contributed by atoms with van der Waals surface area (Å²) in [5, 5.41) is 10.2. The molecule has 5 nitrogen and oxygen atoms in total. The van der Waals surface area contributed by atoms with E-state index in [4.69, 9.17) is 16.0 Å². The first-order valence-corrected chi connectivity index (χ1v) is 7.77. The van der Waals surface area contributed by atoms with Gasteiger partial charge in [0.15, 0.2) is 0 Å². The van der Waals surface area contributed by atoms with Crippen LogP contribution in [0.25, 0.3) is 11.5 Å². The number of carbonyl (C=O) groups is 1. The number of aromatic nitrogens is 2. The van der Waals surface area contributed by atoms with Crippen molar-refractivity contribution in [3.63, 3.8) is 0 Å². The summed E-state index contributed by atoms with van der Waals surface area (Å²) in [7, 11) is 0. The summed E-state index contributed by atoms with van der Waals surface area (Å²) >= 11 is 10.3. The number of anilines is 1. The fourth-order valence-corrected chi connectivity index (χ4v) is 2.94. The van der Waals surface area contributed by atoms with Gasteiger partial charge in [0.2, 0.25) is 5.89 Å². The third-order valence-corrected chi connectivity index (χ3v) is 4.24. The fourth-order valence-electron chi connectivity index (χ4n) is 1.61. The Hall–Kier alpha value is -1.70. The predicted molar refractivity (Wildman–Crippen MR) is 84.7 cm³/mol. The minimum Gasteiger partial charge on any atom is -0.403 e. The van der Waals surface area contributed by atoms with Crippen LogP contribution < -0.4 is 5.32 Å². The average Bonchev–Trinajstić information content (AvgIpc) is 3.08. The summed E-state index contributed by atoms with van der Waals surface area (Å²) in [5.74, 6) is -0.00726. The lowest BCUT2D eigenvalue weighted by molar-refractivity contribution is 0.102. The maximum absolute atomic E-state index is 11.9. The number of amides is 1. The first-order chi connectivity index (χ1) is 10.1. The van der Waals surface area contributed by atoms with E-state index in [1.165, 1.54) is 11.3 Å². The molecule has 106 valence electrons. The topological polar surface area (TPSA) is 68.0 Å². The minimum absolute atomic E-state index is 0.0412. The van der Waals surface area contributed by atoms with Crippen LogP contribution >= 0.6 is 38.9 Å². The molecular weight excluding hydrogens is 378 g/mol. The van der Waals surface area contributed by atoms with Crippen molar-refractivity contribution in [1.82, 2.24) is 10.2 Å². The standard InChI is InChI=1S/C13H7BrClN3O2S/c14-8-3-1-2-7(6-8)12-17-18-13(20-12)16-11(19)9-4-5-10(15)21-9/h1-6H,(H,16,18,19). The largest absolute Gasteiger partial charge is 0.403 e. The highest BCUT2D eigenvalue weighted by atomic mass is 79.9. The lowest BCUT2D eigenvalue weighted by Gasteiger charge is -1.97. The summed E-state index contributed by atoms with van der Waals surface area (Å²) in [4.78, 5) is 12.4. The Kier molecular flexibility index (Phi) is 4.05. The van der Waals surface area contributed by atoms with Crippen molar-refractivity contribution < 1.29 is 9.21 Å². The monoisotopic (exact) mass is 383 g/mol. The smallest absolute Gasteiger partial charge is 0.322 e. The van der Waals surface area contributed by atoms with Crippen LogP contribution in [0, 0.1) is 0 Å². The summed E-state index contributed by atoms with van der Waals surface area (Å²) in [6, 6.07) is 10.8. The molecule has 3 rings (SSSR count). The average molecular weight is 385 g/mol. The zero-order chi connectivity index (χ0) is 14.8. The van der Waals surface area contributed by atoms with Gasteiger partial charge in [-0.25, -0.2) is 0 Å². The molecule has 1 amide bonds. The third-order valence-electron chi connectivity index (χ3n) is 2.51. The van der Waals surface area contributed by atoms with Crippen LogP contribution in [0.5, 0.6) is 0 Å². The number of thiophene rings is 1. The van der Waals surface area contributed by atoms with E-state index in [0.29, 0.717) is 15.1 Å². The van der Waals surface area contributed by atoms with E-state index in [0.717, 1.165) is 10.0 Å². The molecule has 0 unspecified atom stereocenters. The molecule has 0 saturated carbocycles. The molecule has 21 heavy (non-hydrogen) atoms. The van der Waals surface area contributed by atoms with Crippen LogP contribution in [0.2, 0.25) is 4.34 Å². The Bertz CT molecular complexity index is 802. The van der Waals surface area contributed by atoms with Crippen LogP contribution in [0.15, 0.2) is 45.3 Å². The first kappa shape index (κ1) is 14.2. The second-order valence-electron chi connectivity index (χ2n) is 3.98. The number of carbonyl (C=O) groups excluding carboxylic acids is 1. The first-order valence-electron chi connectivity index (χ1n) is 5.78. The summed E-state index contributed by atoms with van der Waals surface area (Å²) in [6.45, 7) is 0. The molecule has 0 fully saturated rings. The molecule has 0 aliphatic carbocycles. The Balaban J connectivity index is 1.78. The van der Waals surface area contributed by atoms with E-state index < -0.39 is 0 Å². The highest BCUT2D eigenvalue weighted by Gasteiger charge is 2.14. The lowest BCUT2D eigenvalue weighted by Crippen LogP contribution is -2.10. The van der Waals surface area contributed by atoms with Gasteiger partial charge >= 0.3 is 6.01 Å². The van der Waals surface area contributed by atoms with Crippen LogP contribution in [-0.4, -0.2) is 16.1 Å². The minimum atomic E-state index is -0.337. The molecule has 0 aliphatic rings. The highest BCUT2D eigenvalue weighted by molar-refractivity contribution is 9.10. The molecule has 2 heterocycles. The van der Waals surface area contributed by atoms with E-state index >= 15 is 0 Å². The van der Waals surface area contributed by atoms with Crippen LogP contribution in [-0.2, 0) is 0 Å². The maximum atomic E-state index is 11.9. The predicted octanol–water partition coefficient (Wildman–Crippen LogP) is 4.47. The number of hydrogen-bond donors (Lipinski definition) is 1. The number of rotatable bonds is 3. The zero-order valence-electron chi connectivity index (χ0n) is 10.3. The molecule has 0 atom stereocenters. The second-order valence-corrected chi connectivity index (χ2v) is 6.61. The fraction of sp³-hybridized carbons (Fsp3) is 0. The molecule has 1 N–H and O–H groups in total. The quantitative estimate of drug-likeness (QED) is 0.723. The van der Waals surface area contributed by atoms with Crippen molar-refractivity contribution in [3.8, 4) is 11.5 Å². The zero-order valence-corrected chi connectivity index (χ0v) is 13.5. The van der Waals surface area contributed by atoms with Gasteiger partial charge in [-0.3, -0.25) is 10.1 Å². The van der Waals surface area contributed by atoms with Crippen molar-refractivity contribution in [1.29, 1.82) is 0 Å². The van der Waals surface area contributed by atoms with E-state index in [1.807, 2.05) is 24.3 Å². The van der Waals surface area contributed by atoms with Crippen molar-refractivity contribution in [3.05, 3.63) is 50.1 Å². The van der Waals surface area contributed by atoms with Crippen molar-refractivity contribution in [2.24, 2.45) is 0 Å². The molecule has 0 radical (unpaired) electrons. The number of halogens is 2. The van der Waals surface area contributed by atoms with Gasteiger partial charge in [-0.15, -0.1) is 16.4 Å². The molecule has 1 aromatic carbocycles. The van der Waals surface area contributed by atoms with E-state index in [2.05, 4.69) is 31.4 Å². The van der Waals surface area contributed by atoms with Gasteiger partial charge in [0, 0.05) is 10.0 Å². The molecule has 0 spiro atoms. The van der Waals surface area contributed by atoms with Crippen LogP contribution in [0.3, 0.4) is 0 Å². The van der Waals surface area contributed by atoms with Gasteiger partial charge < -0.3 is 4.42 Å². The number of nitrogens with one attached hydrogen (secondary N) is 1. The van der Waals surface area contributed by atoms with Crippen molar-refractivity contribution >= 4 is 50.8 Å². The van der Waals surface area contributed by atoms with Gasteiger partial charge in [-0.1, -0.05) is 38.7 Å². The molecular formula is C13H7BrClN3O2S. The second kappa shape index (κ2) is 5.97. The van der Waals surface area contributed by atoms with Crippen LogP contribution in [0.1, 0.15) is 9.67 Å². The summed E-state index contributed by atoms with van der Waals surface area (Å²) in [5.41, 5.74) is 0.761. The molecule has 0 aliphatic heterocycles. The molecule has 3 aromatic rings. The Morgan fingerprint density at radius 3 is 2.86 bits per heavy atom. The number of benzene rings is 1.